The number of nitrogens with one attached hydrogen (secondary N) is 1. The van der Waals surface area contributed by atoms with Crippen molar-refractivity contribution in [2.75, 3.05) is 44.7 Å². The molecule has 0 saturated carbocycles. The summed E-state index contributed by atoms with van der Waals surface area (Å²) < 4.78 is 5.26. The molecule has 1 aromatic heterocycles. The lowest BCUT2D eigenvalue weighted by Gasteiger charge is -2.26. The molecule has 0 aliphatic carbocycles. The van der Waals surface area contributed by atoms with Crippen LogP contribution in [0.4, 0.5) is 11.5 Å². The maximum atomic E-state index is 10.6. The monoisotopic (exact) mass is 252 g/mol. The Morgan fingerprint density at radius 3 is 3.00 bits per heavy atom. The van der Waals surface area contributed by atoms with Gasteiger partial charge in [-0.2, -0.15) is 0 Å². The smallest absolute Gasteiger partial charge is 0.274 e. The molecule has 2 heterocycles. The van der Waals surface area contributed by atoms with Gasteiger partial charge in [-0.1, -0.05) is 0 Å². The van der Waals surface area contributed by atoms with Gasteiger partial charge in [-0.3, -0.25) is 15.0 Å². The molecule has 1 N–H and O–H groups in total. The Morgan fingerprint density at radius 2 is 2.28 bits per heavy atom. The van der Waals surface area contributed by atoms with Crippen molar-refractivity contribution < 1.29 is 9.66 Å². The van der Waals surface area contributed by atoms with Gasteiger partial charge in [0, 0.05) is 38.4 Å². The fourth-order valence-corrected chi connectivity index (χ4v) is 1.80. The zero-order valence-electron chi connectivity index (χ0n) is 10.0. The molecular weight excluding hydrogens is 236 g/mol. The van der Waals surface area contributed by atoms with Crippen LogP contribution in [0.15, 0.2) is 18.3 Å². The average molecular weight is 252 g/mol. The summed E-state index contributed by atoms with van der Waals surface area (Å²) in [6, 6.07) is 2.83. The lowest BCUT2D eigenvalue weighted by atomic mass is 10.4. The van der Waals surface area contributed by atoms with Crippen molar-refractivity contribution in [2.24, 2.45) is 0 Å². The third-order valence-corrected chi connectivity index (χ3v) is 2.79. The van der Waals surface area contributed by atoms with Gasteiger partial charge >= 0.3 is 0 Å². The SMILES string of the molecule is O=[N+]([O-])c1ccnc(NCCN2CCOCC2)c1. The highest BCUT2D eigenvalue weighted by molar-refractivity contribution is 5.44. The molecule has 0 radical (unpaired) electrons. The van der Waals surface area contributed by atoms with Crippen molar-refractivity contribution in [3.05, 3.63) is 28.4 Å². The van der Waals surface area contributed by atoms with E-state index in [9.17, 15) is 10.1 Å². The van der Waals surface area contributed by atoms with Gasteiger partial charge in [0.15, 0.2) is 0 Å². The number of hydrogen-bond donors (Lipinski definition) is 1. The summed E-state index contributed by atoms with van der Waals surface area (Å²) in [5.74, 6) is 0.539. The number of rotatable bonds is 5. The Labute approximate surface area is 105 Å². The first kappa shape index (κ1) is 12.7. The van der Waals surface area contributed by atoms with E-state index in [0.29, 0.717) is 12.4 Å². The van der Waals surface area contributed by atoms with Crippen LogP contribution in [0.2, 0.25) is 0 Å². The predicted molar refractivity (Wildman–Crippen MR) is 66.6 cm³/mol. The number of hydrogen-bond acceptors (Lipinski definition) is 6. The van der Waals surface area contributed by atoms with Crippen molar-refractivity contribution in [3.63, 3.8) is 0 Å². The van der Waals surface area contributed by atoms with Crippen molar-refractivity contribution >= 4 is 11.5 Å². The minimum atomic E-state index is -0.422. The third kappa shape index (κ3) is 3.64. The van der Waals surface area contributed by atoms with Crippen molar-refractivity contribution in [1.29, 1.82) is 0 Å². The molecule has 0 atom stereocenters. The fourth-order valence-electron chi connectivity index (χ4n) is 1.80. The van der Waals surface area contributed by atoms with Crippen LogP contribution in [-0.4, -0.2) is 54.2 Å². The summed E-state index contributed by atoms with van der Waals surface area (Å²) in [7, 11) is 0. The van der Waals surface area contributed by atoms with Gasteiger partial charge in [-0.15, -0.1) is 0 Å². The maximum absolute atomic E-state index is 10.6. The van der Waals surface area contributed by atoms with Gasteiger partial charge in [-0.25, -0.2) is 4.98 Å². The Morgan fingerprint density at radius 1 is 1.50 bits per heavy atom. The molecule has 7 heteroatoms. The van der Waals surface area contributed by atoms with Gasteiger partial charge in [-0.05, 0) is 0 Å². The molecule has 18 heavy (non-hydrogen) atoms. The molecule has 98 valence electrons. The first-order chi connectivity index (χ1) is 8.75. The van der Waals surface area contributed by atoms with Crippen LogP contribution in [0.3, 0.4) is 0 Å². The first-order valence-corrected chi connectivity index (χ1v) is 5.90. The number of pyridine rings is 1. The highest BCUT2D eigenvalue weighted by Crippen LogP contribution is 2.13. The summed E-state index contributed by atoms with van der Waals surface area (Å²) in [4.78, 5) is 16.5. The Hall–Kier alpha value is -1.73. The molecule has 2 rings (SSSR count). The van der Waals surface area contributed by atoms with Gasteiger partial charge in [0.1, 0.15) is 5.82 Å². The van der Waals surface area contributed by atoms with E-state index in [1.807, 2.05) is 0 Å². The Balaban J connectivity index is 1.78. The molecule has 0 unspecified atom stereocenters. The van der Waals surface area contributed by atoms with Crippen LogP contribution in [0.5, 0.6) is 0 Å². The van der Waals surface area contributed by atoms with E-state index in [1.54, 1.807) is 0 Å². The summed E-state index contributed by atoms with van der Waals surface area (Å²) in [6.45, 7) is 5.01. The number of ether oxygens (including phenoxy) is 1. The van der Waals surface area contributed by atoms with Gasteiger partial charge < -0.3 is 10.1 Å². The van der Waals surface area contributed by atoms with Crippen molar-refractivity contribution in [2.45, 2.75) is 0 Å². The first-order valence-electron chi connectivity index (χ1n) is 5.90. The fraction of sp³-hybridized carbons (Fsp3) is 0.545. The number of morpholine rings is 1. The molecule has 7 nitrogen and oxygen atoms in total. The lowest BCUT2D eigenvalue weighted by molar-refractivity contribution is -0.384. The highest BCUT2D eigenvalue weighted by atomic mass is 16.6. The second-order valence-electron chi connectivity index (χ2n) is 4.04. The van der Waals surface area contributed by atoms with Crippen molar-refractivity contribution in [3.8, 4) is 0 Å². The average Bonchev–Trinajstić information content (AvgIpc) is 2.40. The molecule has 0 bridgehead atoms. The molecular formula is C11H16N4O3. The topological polar surface area (TPSA) is 80.5 Å². The molecule has 0 amide bonds. The van der Waals surface area contributed by atoms with E-state index in [0.717, 1.165) is 32.8 Å². The Kier molecular flexibility index (Phi) is 4.43. The minimum Gasteiger partial charge on any atom is -0.379 e. The number of nitrogens with zero attached hydrogens (tertiary/aromatic N) is 3. The van der Waals surface area contributed by atoms with Crippen LogP contribution >= 0.6 is 0 Å². The molecule has 1 fully saturated rings. The van der Waals surface area contributed by atoms with E-state index < -0.39 is 4.92 Å². The van der Waals surface area contributed by atoms with Crippen molar-refractivity contribution in [1.82, 2.24) is 9.88 Å². The minimum absolute atomic E-state index is 0.0545. The maximum Gasteiger partial charge on any atom is 0.274 e. The van der Waals surface area contributed by atoms with Crippen LogP contribution < -0.4 is 5.32 Å². The predicted octanol–water partition coefficient (Wildman–Crippen LogP) is 0.734. The van der Waals surface area contributed by atoms with Crippen LogP contribution in [0.1, 0.15) is 0 Å². The second kappa shape index (κ2) is 6.27. The normalized spacial score (nSPS) is 16.4. The van der Waals surface area contributed by atoms with Crippen LogP contribution in [0.25, 0.3) is 0 Å². The van der Waals surface area contributed by atoms with Gasteiger partial charge in [0.05, 0.1) is 24.2 Å². The quantitative estimate of drug-likeness (QED) is 0.614. The van der Waals surface area contributed by atoms with Crippen LogP contribution in [-0.2, 0) is 4.74 Å². The van der Waals surface area contributed by atoms with E-state index in [2.05, 4.69) is 15.2 Å². The summed E-state index contributed by atoms with van der Waals surface area (Å²) in [5, 5.41) is 13.7. The molecule has 0 aromatic carbocycles. The molecule has 0 spiro atoms. The largest absolute Gasteiger partial charge is 0.379 e. The number of anilines is 1. The lowest BCUT2D eigenvalue weighted by Crippen LogP contribution is -2.39. The summed E-state index contributed by atoms with van der Waals surface area (Å²) >= 11 is 0. The molecule has 1 aliphatic rings. The molecule has 1 saturated heterocycles. The molecule has 1 aliphatic heterocycles. The molecule has 1 aromatic rings. The summed E-state index contributed by atoms with van der Waals surface area (Å²) in [5.41, 5.74) is 0.0545. The number of nitro groups is 1. The van der Waals surface area contributed by atoms with E-state index >= 15 is 0 Å². The third-order valence-electron chi connectivity index (χ3n) is 2.79. The van der Waals surface area contributed by atoms with E-state index in [-0.39, 0.29) is 5.69 Å². The van der Waals surface area contributed by atoms with Gasteiger partial charge in [0.25, 0.3) is 5.69 Å². The zero-order valence-corrected chi connectivity index (χ0v) is 10.0. The second-order valence-corrected chi connectivity index (χ2v) is 4.04. The van der Waals surface area contributed by atoms with E-state index in [1.165, 1.54) is 18.3 Å². The highest BCUT2D eigenvalue weighted by Gasteiger charge is 2.10. The number of aromatic nitrogens is 1. The standard InChI is InChI=1S/C11H16N4O3/c16-15(17)10-1-2-12-11(9-10)13-3-4-14-5-7-18-8-6-14/h1-2,9H,3-8H2,(H,12,13). The zero-order chi connectivity index (χ0) is 12.8. The Bertz CT molecular complexity index is 407. The summed E-state index contributed by atoms with van der Waals surface area (Å²) in [6.07, 6.45) is 1.44. The van der Waals surface area contributed by atoms with E-state index in [4.69, 9.17) is 4.74 Å². The van der Waals surface area contributed by atoms with Crippen LogP contribution in [0, 0.1) is 10.1 Å². The van der Waals surface area contributed by atoms with Gasteiger partial charge in [0.2, 0.25) is 0 Å².